The van der Waals surface area contributed by atoms with Crippen LogP contribution in [0.2, 0.25) is 0 Å². The Morgan fingerprint density at radius 1 is 1.00 bits per heavy atom. The van der Waals surface area contributed by atoms with E-state index in [0.29, 0.717) is 0 Å². The summed E-state index contributed by atoms with van der Waals surface area (Å²) in [6.07, 6.45) is 0. The van der Waals surface area contributed by atoms with Crippen molar-refractivity contribution in [2.45, 2.75) is 0 Å². The van der Waals surface area contributed by atoms with Crippen LogP contribution in [0.15, 0.2) is 34.8 Å². The number of halogens is 1. The molecule has 0 spiro atoms. The minimum atomic E-state index is 0. The summed E-state index contributed by atoms with van der Waals surface area (Å²) in [5.41, 5.74) is 0. The average molecular weight is 165 g/mol. The van der Waals surface area contributed by atoms with Gasteiger partial charge in [0.25, 0.3) is 0 Å². The molecule has 1 aromatic carbocycles. The zero-order chi connectivity index (χ0) is 5.11. The van der Waals surface area contributed by atoms with Crippen molar-refractivity contribution in [1.82, 2.24) is 0 Å². The van der Waals surface area contributed by atoms with Gasteiger partial charge in [-0.1, -0.05) is 34.1 Å². The van der Waals surface area contributed by atoms with Gasteiger partial charge in [-0.15, -0.1) is 0 Å². The fourth-order valence-corrected chi connectivity index (χ4v) is 0.720. The van der Waals surface area contributed by atoms with E-state index in [1.807, 2.05) is 30.3 Å². The van der Waals surface area contributed by atoms with Crippen LogP contribution in [-0.2, 0) is 0 Å². The first-order valence-electron chi connectivity index (χ1n) is 2.10. The Bertz CT molecular complexity index is 138. The molecule has 0 nitrogen and oxygen atoms in total. The van der Waals surface area contributed by atoms with Gasteiger partial charge in [-0.2, -0.15) is 0 Å². The zero-order valence-corrected chi connectivity index (χ0v) is 5.35. The third kappa shape index (κ3) is 2.57. The number of hydrogen-bond donors (Lipinski definition) is 0. The molecule has 38 valence electrons. The van der Waals surface area contributed by atoms with Crippen molar-refractivity contribution in [3.05, 3.63) is 34.8 Å². The van der Waals surface area contributed by atoms with Crippen molar-refractivity contribution in [1.29, 1.82) is 0 Å². The van der Waals surface area contributed by atoms with Gasteiger partial charge in [0.2, 0.25) is 0 Å². The minimum absolute atomic E-state index is 0. The van der Waals surface area contributed by atoms with Crippen LogP contribution >= 0.6 is 15.9 Å². The first-order chi connectivity index (χ1) is 3.39. The van der Waals surface area contributed by atoms with Crippen LogP contribution in [0, 0.1) is 0 Å². The molecule has 0 heterocycles. The van der Waals surface area contributed by atoms with E-state index in [4.69, 9.17) is 0 Å². The van der Waals surface area contributed by atoms with E-state index >= 15 is 0 Å². The van der Waals surface area contributed by atoms with Crippen molar-refractivity contribution in [3.8, 4) is 0 Å². The van der Waals surface area contributed by atoms with Crippen LogP contribution < -0.4 is 0 Å². The van der Waals surface area contributed by atoms with Crippen LogP contribution in [0.5, 0.6) is 0 Å². The molecule has 8 heavy (non-hydrogen) atoms. The van der Waals surface area contributed by atoms with Crippen LogP contribution in [0.25, 0.3) is 0 Å². The molecule has 1 rings (SSSR count). The quantitative estimate of drug-likeness (QED) is 0.514. The third-order valence-electron chi connectivity index (χ3n) is 0.733. The summed E-state index contributed by atoms with van der Waals surface area (Å²) in [4.78, 5) is 0. The van der Waals surface area contributed by atoms with Crippen molar-refractivity contribution < 1.29 is 0 Å². The monoisotopic (exact) mass is 164 g/mol. The molecule has 0 aliphatic rings. The van der Waals surface area contributed by atoms with Crippen LogP contribution in [-0.4, -0.2) is 18.9 Å². The van der Waals surface area contributed by atoms with Gasteiger partial charge < -0.3 is 0 Å². The average Bonchev–Trinajstić information content (AvgIpc) is 1.69. The molecule has 1 aromatic rings. The van der Waals surface area contributed by atoms with Crippen LogP contribution in [0.1, 0.15) is 0 Å². The van der Waals surface area contributed by atoms with Crippen molar-refractivity contribution >= 4 is 34.8 Å². The van der Waals surface area contributed by atoms with Crippen LogP contribution in [0.4, 0.5) is 0 Å². The summed E-state index contributed by atoms with van der Waals surface area (Å²) in [5.74, 6) is 0. The van der Waals surface area contributed by atoms with Crippen molar-refractivity contribution in [2.24, 2.45) is 0 Å². The van der Waals surface area contributed by atoms with Crippen LogP contribution in [0.3, 0.4) is 0 Å². The molecule has 0 aliphatic carbocycles. The van der Waals surface area contributed by atoms with E-state index in [1.54, 1.807) is 0 Å². The number of benzene rings is 1. The predicted molar refractivity (Wildman–Crippen MR) is 41.3 cm³/mol. The topological polar surface area (TPSA) is 0 Å². The molecule has 0 saturated heterocycles. The molecule has 0 saturated carbocycles. The van der Waals surface area contributed by atoms with Gasteiger partial charge in [0.05, 0.1) is 0 Å². The molecule has 2 heteroatoms. The second-order valence-electron chi connectivity index (χ2n) is 1.30. The third-order valence-corrected chi connectivity index (χ3v) is 1.26. The van der Waals surface area contributed by atoms with E-state index in [0.717, 1.165) is 4.47 Å². The standard InChI is InChI=1S/C6H5Br.Li.H/c7-6-4-2-1-3-5-6;;/h1-5H;;. The Balaban J connectivity index is 0.000000490. The maximum absolute atomic E-state index is 3.31. The van der Waals surface area contributed by atoms with E-state index in [-0.39, 0.29) is 18.9 Å². The number of hydrogen-bond acceptors (Lipinski definition) is 0. The molecule has 0 radical (unpaired) electrons. The molecular weight excluding hydrogens is 159 g/mol. The molecule has 0 aromatic heterocycles. The first-order valence-corrected chi connectivity index (χ1v) is 2.89. The second-order valence-corrected chi connectivity index (χ2v) is 2.21. The summed E-state index contributed by atoms with van der Waals surface area (Å²) in [6, 6.07) is 9.97. The summed E-state index contributed by atoms with van der Waals surface area (Å²) >= 11 is 3.31. The summed E-state index contributed by atoms with van der Waals surface area (Å²) < 4.78 is 1.13. The van der Waals surface area contributed by atoms with Crippen molar-refractivity contribution in [3.63, 3.8) is 0 Å². The summed E-state index contributed by atoms with van der Waals surface area (Å²) in [5, 5.41) is 0. The molecule has 0 amide bonds. The van der Waals surface area contributed by atoms with E-state index in [2.05, 4.69) is 15.9 Å². The molecule has 0 bridgehead atoms. The molecular formula is C6H6BrLi. The molecule has 0 atom stereocenters. The summed E-state index contributed by atoms with van der Waals surface area (Å²) in [7, 11) is 0. The maximum atomic E-state index is 3.31. The second kappa shape index (κ2) is 4.20. The first kappa shape index (κ1) is 8.30. The van der Waals surface area contributed by atoms with E-state index < -0.39 is 0 Å². The van der Waals surface area contributed by atoms with Crippen molar-refractivity contribution in [2.75, 3.05) is 0 Å². The van der Waals surface area contributed by atoms with E-state index in [1.165, 1.54) is 0 Å². The fourth-order valence-electron chi connectivity index (χ4n) is 0.415. The van der Waals surface area contributed by atoms with Gasteiger partial charge in [0.15, 0.2) is 0 Å². The fraction of sp³-hybridized carbons (Fsp3) is 0. The molecule has 0 N–H and O–H groups in total. The Kier molecular flexibility index (Phi) is 4.36. The van der Waals surface area contributed by atoms with Gasteiger partial charge in [-0.3, -0.25) is 0 Å². The zero-order valence-electron chi connectivity index (χ0n) is 3.76. The Morgan fingerprint density at radius 2 is 1.50 bits per heavy atom. The van der Waals surface area contributed by atoms with Gasteiger partial charge >= 0.3 is 18.9 Å². The Hall–Kier alpha value is 0.297. The SMILES string of the molecule is Brc1ccccc1.[LiH]. The predicted octanol–water partition coefficient (Wildman–Crippen LogP) is 1.80. The molecule has 0 unspecified atom stereocenters. The van der Waals surface area contributed by atoms with Gasteiger partial charge in [0.1, 0.15) is 0 Å². The van der Waals surface area contributed by atoms with Gasteiger partial charge in [-0.25, -0.2) is 0 Å². The normalized spacial score (nSPS) is 7.62. The number of rotatable bonds is 0. The van der Waals surface area contributed by atoms with Gasteiger partial charge in [-0.05, 0) is 12.1 Å². The molecule has 0 fully saturated rings. The Labute approximate surface area is 69.6 Å². The summed E-state index contributed by atoms with van der Waals surface area (Å²) in [6.45, 7) is 0. The van der Waals surface area contributed by atoms with E-state index in [9.17, 15) is 0 Å². The van der Waals surface area contributed by atoms with Gasteiger partial charge in [0, 0.05) is 4.47 Å². The Morgan fingerprint density at radius 3 is 1.75 bits per heavy atom. The molecule has 0 aliphatic heterocycles.